The Morgan fingerprint density at radius 3 is 2.73 bits per heavy atom. The minimum atomic E-state index is -4.70. The largest absolute Gasteiger partial charge is 0.493 e. The van der Waals surface area contributed by atoms with Gasteiger partial charge >= 0.3 is 6.18 Å². The van der Waals surface area contributed by atoms with Gasteiger partial charge in [0.05, 0.1) is 19.3 Å². The van der Waals surface area contributed by atoms with Crippen molar-refractivity contribution in [2.45, 2.75) is 25.2 Å². The molecule has 1 atom stereocenters. The second kappa shape index (κ2) is 6.83. The number of para-hydroxylation sites is 1. The van der Waals surface area contributed by atoms with E-state index in [1.54, 1.807) is 23.2 Å². The van der Waals surface area contributed by atoms with Crippen LogP contribution in [0.4, 0.5) is 13.2 Å². The lowest BCUT2D eigenvalue weighted by Gasteiger charge is -2.28. The van der Waals surface area contributed by atoms with Gasteiger partial charge in [0, 0.05) is 17.5 Å². The Bertz CT molecular complexity index is 892. The number of alkyl halides is 3. The number of hydrogen-bond donors (Lipinski definition) is 3. The molecule has 1 aromatic carbocycles. The number of ether oxygens (including phenoxy) is 1. The number of halogens is 3. The van der Waals surface area contributed by atoms with Gasteiger partial charge in [0.25, 0.3) is 11.5 Å². The maximum Gasteiger partial charge on any atom is 0.431 e. The number of hydrogen-bond acceptors (Lipinski definition) is 4. The minimum absolute atomic E-state index is 0.234. The Hall–Kier alpha value is -2.81. The van der Waals surface area contributed by atoms with Crippen molar-refractivity contribution >= 4 is 5.91 Å². The van der Waals surface area contributed by atoms with E-state index >= 15 is 0 Å². The fraction of sp³-hybridized carbons (Fsp3) is 0.294. The monoisotopic (exact) mass is 368 g/mol. The number of amides is 1. The SMILES string of the molecule is O=C(NC1CCOc2c(CO)cccc21)c1ccc(C(F)(F)F)[nH]c1=O. The topological polar surface area (TPSA) is 91.4 Å². The van der Waals surface area contributed by atoms with Gasteiger partial charge in [-0.05, 0) is 12.1 Å². The summed E-state index contributed by atoms with van der Waals surface area (Å²) in [5.74, 6) is -0.319. The third kappa shape index (κ3) is 3.43. The second-order valence-corrected chi connectivity index (χ2v) is 5.77. The number of aromatic nitrogens is 1. The number of carbonyl (C=O) groups excluding carboxylic acids is 1. The average molecular weight is 368 g/mol. The van der Waals surface area contributed by atoms with Crippen LogP contribution in [-0.4, -0.2) is 22.6 Å². The van der Waals surface area contributed by atoms with Crippen LogP contribution in [0.15, 0.2) is 35.1 Å². The molecule has 1 amide bonds. The quantitative estimate of drug-likeness (QED) is 0.774. The lowest BCUT2D eigenvalue weighted by atomic mass is 9.97. The molecule has 1 aromatic heterocycles. The van der Waals surface area contributed by atoms with Crippen LogP contribution in [0.2, 0.25) is 0 Å². The zero-order valence-corrected chi connectivity index (χ0v) is 13.4. The molecule has 1 unspecified atom stereocenters. The first-order valence-electron chi connectivity index (χ1n) is 7.78. The normalized spacial score (nSPS) is 16.5. The molecule has 1 aliphatic rings. The fourth-order valence-electron chi connectivity index (χ4n) is 2.82. The third-order valence-electron chi connectivity index (χ3n) is 4.09. The first kappa shape index (κ1) is 18.0. The van der Waals surface area contributed by atoms with Crippen LogP contribution in [-0.2, 0) is 12.8 Å². The lowest BCUT2D eigenvalue weighted by Crippen LogP contribution is -2.35. The number of nitrogens with one attached hydrogen (secondary N) is 2. The van der Waals surface area contributed by atoms with Gasteiger partial charge < -0.3 is 20.1 Å². The van der Waals surface area contributed by atoms with Crippen LogP contribution in [0.1, 0.15) is 39.6 Å². The van der Waals surface area contributed by atoms with Crippen LogP contribution in [0.5, 0.6) is 5.75 Å². The summed E-state index contributed by atoms with van der Waals surface area (Å²) in [7, 11) is 0. The number of carbonyl (C=O) groups is 1. The molecule has 2 heterocycles. The van der Waals surface area contributed by atoms with Crippen molar-refractivity contribution in [1.29, 1.82) is 0 Å². The van der Waals surface area contributed by atoms with E-state index in [0.29, 0.717) is 36.0 Å². The maximum absolute atomic E-state index is 12.6. The van der Waals surface area contributed by atoms with Gasteiger partial charge in [-0.3, -0.25) is 9.59 Å². The highest BCUT2D eigenvalue weighted by Gasteiger charge is 2.32. The summed E-state index contributed by atoms with van der Waals surface area (Å²) in [6.45, 7) is 0.0563. The molecule has 9 heteroatoms. The summed E-state index contributed by atoms with van der Waals surface area (Å²) in [6.07, 6.45) is -4.28. The molecular weight excluding hydrogens is 353 g/mol. The van der Waals surface area contributed by atoms with E-state index in [1.165, 1.54) is 0 Å². The van der Waals surface area contributed by atoms with Crippen LogP contribution >= 0.6 is 0 Å². The molecule has 138 valence electrons. The molecule has 3 N–H and O–H groups in total. The van der Waals surface area contributed by atoms with E-state index in [-0.39, 0.29) is 6.61 Å². The van der Waals surface area contributed by atoms with Crippen molar-refractivity contribution in [3.05, 3.63) is 63.1 Å². The average Bonchev–Trinajstić information content (AvgIpc) is 2.60. The van der Waals surface area contributed by atoms with Crippen molar-refractivity contribution in [2.24, 2.45) is 0 Å². The van der Waals surface area contributed by atoms with Gasteiger partial charge in [0.15, 0.2) is 0 Å². The molecule has 0 aliphatic carbocycles. The van der Waals surface area contributed by atoms with Gasteiger partial charge in [0.1, 0.15) is 17.0 Å². The first-order valence-corrected chi connectivity index (χ1v) is 7.78. The fourth-order valence-corrected chi connectivity index (χ4v) is 2.82. The Kier molecular flexibility index (Phi) is 4.73. The summed E-state index contributed by atoms with van der Waals surface area (Å²) >= 11 is 0. The van der Waals surface area contributed by atoms with Crippen molar-refractivity contribution in [2.75, 3.05) is 6.61 Å². The van der Waals surface area contributed by atoms with E-state index < -0.39 is 34.9 Å². The molecule has 1 aliphatic heterocycles. The number of H-pyrrole nitrogens is 1. The van der Waals surface area contributed by atoms with Gasteiger partial charge in [0.2, 0.25) is 0 Å². The van der Waals surface area contributed by atoms with Crippen LogP contribution in [0.25, 0.3) is 0 Å². The van der Waals surface area contributed by atoms with E-state index in [2.05, 4.69) is 5.32 Å². The molecule has 26 heavy (non-hydrogen) atoms. The Balaban J connectivity index is 1.85. The number of aliphatic hydroxyl groups is 1. The number of benzene rings is 1. The summed E-state index contributed by atoms with van der Waals surface area (Å²) in [4.78, 5) is 25.9. The van der Waals surface area contributed by atoms with Gasteiger partial charge in [-0.2, -0.15) is 13.2 Å². The number of aromatic amines is 1. The molecule has 3 rings (SSSR count). The summed E-state index contributed by atoms with van der Waals surface area (Å²) in [5, 5.41) is 12.0. The van der Waals surface area contributed by atoms with E-state index in [1.807, 2.05) is 0 Å². The van der Waals surface area contributed by atoms with Crippen LogP contribution in [0, 0.1) is 0 Å². The zero-order valence-electron chi connectivity index (χ0n) is 13.4. The third-order valence-corrected chi connectivity index (χ3v) is 4.09. The van der Waals surface area contributed by atoms with Gasteiger partial charge in [-0.15, -0.1) is 0 Å². The maximum atomic E-state index is 12.6. The molecule has 0 spiro atoms. The molecular formula is C17H15F3N2O4. The molecule has 2 aromatic rings. The van der Waals surface area contributed by atoms with E-state index in [4.69, 9.17) is 4.74 Å². The Morgan fingerprint density at radius 2 is 2.08 bits per heavy atom. The van der Waals surface area contributed by atoms with E-state index in [0.717, 1.165) is 6.07 Å². The Labute approximate surface area is 145 Å². The predicted molar refractivity (Wildman–Crippen MR) is 84.7 cm³/mol. The number of pyridine rings is 1. The smallest absolute Gasteiger partial charge is 0.431 e. The first-order chi connectivity index (χ1) is 12.3. The summed E-state index contributed by atoms with van der Waals surface area (Å²) < 4.78 is 43.4. The molecule has 0 radical (unpaired) electrons. The number of rotatable bonds is 3. The minimum Gasteiger partial charge on any atom is -0.493 e. The number of fused-ring (bicyclic) bond motifs is 1. The van der Waals surface area contributed by atoms with Crippen LogP contribution in [0.3, 0.4) is 0 Å². The number of aliphatic hydroxyl groups excluding tert-OH is 1. The highest BCUT2D eigenvalue weighted by atomic mass is 19.4. The second-order valence-electron chi connectivity index (χ2n) is 5.77. The summed E-state index contributed by atoms with van der Waals surface area (Å²) in [5.41, 5.74) is -1.55. The van der Waals surface area contributed by atoms with Gasteiger partial charge in [-0.1, -0.05) is 18.2 Å². The zero-order chi connectivity index (χ0) is 18.9. The van der Waals surface area contributed by atoms with Gasteiger partial charge in [-0.25, -0.2) is 0 Å². The van der Waals surface area contributed by atoms with Crippen molar-refractivity contribution in [3.63, 3.8) is 0 Å². The van der Waals surface area contributed by atoms with Crippen molar-refractivity contribution < 1.29 is 27.8 Å². The lowest BCUT2D eigenvalue weighted by molar-refractivity contribution is -0.141. The highest BCUT2D eigenvalue weighted by molar-refractivity contribution is 5.94. The molecule has 0 bridgehead atoms. The summed E-state index contributed by atoms with van der Waals surface area (Å²) in [6, 6.07) is 6.11. The molecule has 0 saturated carbocycles. The predicted octanol–water partition coefficient (Wildman–Crippen LogP) is 2.14. The molecule has 0 fully saturated rings. The van der Waals surface area contributed by atoms with Crippen molar-refractivity contribution in [1.82, 2.24) is 10.3 Å². The Morgan fingerprint density at radius 1 is 1.31 bits per heavy atom. The van der Waals surface area contributed by atoms with E-state index in [9.17, 15) is 27.9 Å². The highest BCUT2D eigenvalue weighted by Crippen LogP contribution is 2.35. The molecule has 6 nitrogen and oxygen atoms in total. The standard InChI is InChI=1S/C17H15F3N2O4/c18-17(19,20)13-5-4-11(16(25)22-13)15(24)21-12-6-7-26-14-9(8-23)2-1-3-10(12)14/h1-5,12,23H,6-8H2,(H,21,24)(H,22,25). The molecule has 0 saturated heterocycles. The van der Waals surface area contributed by atoms with Crippen LogP contribution < -0.4 is 15.6 Å². The van der Waals surface area contributed by atoms with Crippen molar-refractivity contribution in [3.8, 4) is 5.75 Å².